The number of rotatable bonds is 6. The smallest absolute Gasteiger partial charge is 0.379 e. The van der Waals surface area contributed by atoms with Crippen molar-refractivity contribution in [2.24, 2.45) is 0 Å². The Kier molecular flexibility index (Phi) is 4.86. The first-order valence-electron chi connectivity index (χ1n) is 6.58. The first-order chi connectivity index (χ1) is 9.26. The largest absolute Gasteiger partial charge is 0.460 e. The molecule has 0 aromatic carbocycles. The quantitative estimate of drug-likeness (QED) is 0.762. The average molecular weight is 269 g/mol. The molecule has 106 valence electrons. The van der Waals surface area contributed by atoms with E-state index in [0.717, 1.165) is 13.0 Å². The van der Waals surface area contributed by atoms with Gasteiger partial charge in [0.25, 0.3) is 5.82 Å². The van der Waals surface area contributed by atoms with E-state index in [1.54, 1.807) is 6.92 Å². The molecule has 2 atom stereocenters. The summed E-state index contributed by atoms with van der Waals surface area (Å²) in [6.45, 7) is 6.16. The number of carbonyl (C=O) groups excluding carboxylic acids is 1. The molecule has 0 spiro atoms. The van der Waals surface area contributed by atoms with Crippen LogP contribution in [0, 0.1) is 0 Å². The molecule has 0 amide bonds. The van der Waals surface area contributed by atoms with Crippen molar-refractivity contribution < 1.29 is 18.8 Å². The Balaban J connectivity index is 2.02. The molecule has 0 radical (unpaired) electrons. The number of nitrogens with one attached hydrogen (secondary N) is 1. The summed E-state index contributed by atoms with van der Waals surface area (Å²) in [5.74, 6) is -0.177. The third-order valence-electron chi connectivity index (χ3n) is 2.95. The molecule has 1 aromatic rings. The van der Waals surface area contributed by atoms with Crippen LogP contribution in [0.3, 0.4) is 0 Å². The summed E-state index contributed by atoms with van der Waals surface area (Å²) in [4.78, 5) is 15.6. The van der Waals surface area contributed by atoms with E-state index < -0.39 is 5.97 Å². The van der Waals surface area contributed by atoms with E-state index in [2.05, 4.69) is 22.4 Å². The van der Waals surface area contributed by atoms with E-state index in [0.29, 0.717) is 19.1 Å². The van der Waals surface area contributed by atoms with Crippen molar-refractivity contribution in [1.82, 2.24) is 15.5 Å². The summed E-state index contributed by atoms with van der Waals surface area (Å²) < 4.78 is 15.4. The average Bonchev–Trinajstić information content (AvgIpc) is 3.05. The molecule has 0 aliphatic carbocycles. The Bertz CT molecular complexity index is 421. The van der Waals surface area contributed by atoms with Crippen LogP contribution in [0.5, 0.6) is 0 Å². The van der Waals surface area contributed by atoms with E-state index in [1.807, 2.05) is 0 Å². The summed E-state index contributed by atoms with van der Waals surface area (Å²) >= 11 is 0. The zero-order valence-corrected chi connectivity index (χ0v) is 11.2. The Morgan fingerprint density at radius 3 is 3.05 bits per heavy atom. The van der Waals surface area contributed by atoms with Gasteiger partial charge < -0.3 is 19.3 Å². The van der Waals surface area contributed by atoms with Crippen LogP contribution in [0.4, 0.5) is 0 Å². The van der Waals surface area contributed by atoms with E-state index in [4.69, 9.17) is 14.0 Å². The standard InChI is InChI=1S/C12H19N3O4/c1-3-5-13-9-7-17-6-8(9)11-14-10(15-19-11)12(16)18-4-2/h8-9,13H,3-7H2,1-2H3. The molecule has 2 unspecified atom stereocenters. The first-order valence-corrected chi connectivity index (χ1v) is 6.58. The molecule has 1 N–H and O–H groups in total. The molecule has 1 aromatic heterocycles. The van der Waals surface area contributed by atoms with E-state index >= 15 is 0 Å². The minimum Gasteiger partial charge on any atom is -0.460 e. The molecular weight excluding hydrogens is 250 g/mol. The minimum atomic E-state index is -0.561. The second kappa shape index (κ2) is 6.63. The number of hydrogen-bond acceptors (Lipinski definition) is 7. The lowest BCUT2D eigenvalue weighted by Crippen LogP contribution is -2.35. The molecule has 1 aliphatic heterocycles. The molecule has 19 heavy (non-hydrogen) atoms. The molecule has 7 heteroatoms. The van der Waals surface area contributed by atoms with Crippen LogP contribution in [0.2, 0.25) is 0 Å². The highest BCUT2D eigenvalue weighted by Crippen LogP contribution is 2.24. The Hall–Kier alpha value is -1.47. The van der Waals surface area contributed by atoms with Crippen LogP contribution in [0.15, 0.2) is 4.52 Å². The Morgan fingerprint density at radius 2 is 2.32 bits per heavy atom. The van der Waals surface area contributed by atoms with Crippen molar-refractivity contribution >= 4 is 5.97 Å². The summed E-state index contributed by atoms with van der Waals surface area (Å²) in [6.07, 6.45) is 1.04. The van der Waals surface area contributed by atoms with Crippen LogP contribution in [-0.2, 0) is 9.47 Å². The van der Waals surface area contributed by atoms with E-state index in [-0.39, 0.29) is 24.4 Å². The molecule has 0 bridgehead atoms. The van der Waals surface area contributed by atoms with Gasteiger partial charge in [-0.2, -0.15) is 4.98 Å². The van der Waals surface area contributed by atoms with Crippen molar-refractivity contribution in [3.8, 4) is 0 Å². The predicted molar refractivity (Wildman–Crippen MR) is 65.9 cm³/mol. The van der Waals surface area contributed by atoms with Crippen molar-refractivity contribution in [3.05, 3.63) is 11.7 Å². The zero-order chi connectivity index (χ0) is 13.7. The number of esters is 1. The highest BCUT2D eigenvalue weighted by atomic mass is 16.5. The minimum absolute atomic E-state index is 0.0118. The van der Waals surface area contributed by atoms with Gasteiger partial charge in [-0.3, -0.25) is 0 Å². The van der Waals surface area contributed by atoms with Gasteiger partial charge in [0.05, 0.1) is 25.7 Å². The zero-order valence-electron chi connectivity index (χ0n) is 11.2. The maximum atomic E-state index is 11.5. The number of carbonyl (C=O) groups is 1. The molecule has 1 fully saturated rings. The molecule has 1 saturated heterocycles. The number of aromatic nitrogens is 2. The maximum Gasteiger partial charge on any atom is 0.379 e. The first kappa shape index (κ1) is 14.0. The van der Waals surface area contributed by atoms with Gasteiger partial charge in [-0.05, 0) is 25.0 Å². The van der Waals surface area contributed by atoms with E-state index in [9.17, 15) is 4.79 Å². The molecular formula is C12H19N3O4. The number of nitrogens with zero attached hydrogens (tertiary/aromatic N) is 2. The van der Waals surface area contributed by atoms with Gasteiger partial charge in [0.1, 0.15) is 0 Å². The number of ether oxygens (including phenoxy) is 2. The lowest BCUT2D eigenvalue weighted by Gasteiger charge is -2.14. The van der Waals surface area contributed by atoms with Crippen molar-refractivity contribution in [2.45, 2.75) is 32.2 Å². The Labute approximate surface area is 111 Å². The van der Waals surface area contributed by atoms with Crippen LogP contribution in [-0.4, -0.2) is 48.5 Å². The van der Waals surface area contributed by atoms with E-state index in [1.165, 1.54) is 0 Å². The van der Waals surface area contributed by atoms with Crippen molar-refractivity contribution in [1.29, 1.82) is 0 Å². The molecule has 2 rings (SSSR count). The Morgan fingerprint density at radius 1 is 1.47 bits per heavy atom. The van der Waals surface area contributed by atoms with Crippen LogP contribution < -0.4 is 5.32 Å². The number of hydrogen-bond donors (Lipinski definition) is 1. The normalized spacial score (nSPS) is 22.6. The van der Waals surface area contributed by atoms with Crippen LogP contribution in [0.1, 0.15) is 42.7 Å². The fourth-order valence-corrected chi connectivity index (χ4v) is 1.99. The van der Waals surface area contributed by atoms with Crippen molar-refractivity contribution in [2.75, 3.05) is 26.4 Å². The molecule has 2 heterocycles. The maximum absolute atomic E-state index is 11.5. The molecule has 7 nitrogen and oxygen atoms in total. The summed E-state index contributed by atoms with van der Waals surface area (Å²) in [5.41, 5.74) is 0. The molecule has 1 aliphatic rings. The third kappa shape index (κ3) is 3.30. The second-order valence-electron chi connectivity index (χ2n) is 4.38. The van der Waals surface area contributed by atoms with Gasteiger partial charge in [0.15, 0.2) is 0 Å². The van der Waals surface area contributed by atoms with Gasteiger partial charge in [-0.15, -0.1) is 0 Å². The summed E-state index contributed by atoms with van der Waals surface area (Å²) in [6, 6.07) is 0.149. The third-order valence-corrected chi connectivity index (χ3v) is 2.95. The predicted octanol–water partition coefficient (Wildman–Crippen LogP) is 0.728. The summed E-state index contributed by atoms with van der Waals surface area (Å²) in [5, 5.41) is 7.02. The highest BCUT2D eigenvalue weighted by Gasteiger charge is 2.34. The SMILES string of the molecule is CCCNC1COCC1c1nc(C(=O)OCC)no1. The summed E-state index contributed by atoms with van der Waals surface area (Å²) in [7, 11) is 0. The molecule has 0 saturated carbocycles. The fourth-order valence-electron chi connectivity index (χ4n) is 1.99. The lowest BCUT2D eigenvalue weighted by molar-refractivity contribution is 0.0508. The highest BCUT2D eigenvalue weighted by molar-refractivity contribution is 5.84. The topological polar surface area (TPSA) is 86.5 Å². The van der Waals surface area contributed by atoms with Crippen LogP contribution >= 0.6 is 0 Å². The lowest BCUT2D eigenvalue weighted by atomic mass is 10.0. The van der Waals surface area contributed by atoms with Gasteiger partial charge in [0, 0.05) is 6.04 Å². The van der Waals surface area contributed by atoms with Gasteiger partial charge >= 0.3 is 5.97 Å². The van der Waals surface area contributed by atoms with Gasteiger partial charge in [-0.25, -0.2) is 4.79 Å². The van der Waals surface area contributed by atoms with Gasteiger partial charge in [-0.1, -0.05) is 6.92 Å². The van der Waals surface area contributed by atoms with Crippen LogP contribution in [0.25, 0.3) is 0 Å². The second-order valence-corrected chi connectivity index (χ2v) is 4.38. The fraction of sp³-hybridized carbons (Fsp3) is 0.750. The van der Waals surface area contributed by atoms with Gasteiger partial charge in [0.2, 0.25) is 5.89 Å². The monoisotopic (exact) mass is 269 g/mol. The van der Waals surface area contributed by atoms with Crippen molar-refractivity contribution in [3.63, 3.8) is 0 Å².